The molecular weight excluding hydrogens is 264 g/mol. The molecule has 3 rings (SSSR count). The van der Waals surface area contributed by atoms with Crippen molar-refractivity contribution >= 4 is 5.91 Å². The zero-order chi connectivity index (χ0) is 14.8. The van der Waals surface area contributed by atoms with Crippen LogP contribution in [0.4, 0.5) is 0 Å². The van der Waals surface area contributed by atoms with Crippen molar-refractivity contribution in [3.8, 4) is 0 Å². The van der Waals surface area contributed by atoms with Crippen LogP contribution in [0.1, 0.15) is 41.7 Å². The van der Waals surface area contributed by atoms with Gasteiger partial charge in [-0.25, -0.2) is 0 Å². The van der Waals surface area contributed by atoms with Crippen LogP contribution in [0.3, 0.4) is 0 Å². The quantitative estimate of drug-likeness (QED) is 0.899. The lowest BCUT2D eigenvalue weighted by Gasteiger charge is -2.25. The summed E-state index contributed by atoms with van der Waals surface area (Å²) in [4.78, 5) is 12.4. The molecule has 2 aromatic rings. The van der Waals surface area contributed by atoms with Crippen LogP contribution in [0.25, 0.3) is 0 Å². The summed E-state index contributed by atoms with van der Waals surface area (Å²) in [7, 11) is 1.94. The Morgan fingerprint density at radius 1 is 1.43 bits per heavy atom. The number of hydrogen-bond donors (Lipinski definition) is 2. The summed E-state index contributed by atoms with van der Waals surface area (Å²) in [5, 5.41) is 7.36. The number of nitrogens with one attached hydrogen (secondary N) is 1. The van der Waals surface area contributed by atoms with Crippen molar-refractivity contribution in [1.82, 2.24) is 15.1 Å². The Morgan fingerprint density at radius 3 is 2.95 bits per heavy atom. The van der Waals surface area contributed by atoms with Crippen molar-refractivity contribution in [2.75, 3.05) is 0 Å². The van der Waals surface area contributed by atoms with Gasteiger partial charge in [-0.3, -0.25) is 9.48 Å². The van der Waals surface area contributed by atoms with Gasteiger partial charge in [-0.15, -0.1) is 0 Å². The first-order valence-corrected chi connectivity index (χ1v) is 7.28. The van der Waals surface area contributed by atoms with Crippen molar-refractivity contribution < 1.29 is 4.79 Å². The number of nitrogens with zero attached hydrogens (tertiary/aromatic N) is 2. The summed E-state index contributed by atoms with van der Waals surface area (Å²) in [6.45, 7) is 0. The standard InChI is InChI=1S/C16H20N4O/c1-20-14-9-5-8-13(12(14)10-18-20)19-16(21)15(17)11-6-3-2-4-7-11/h2-4,6-7,10,13,15H,5,8-9,17H2,1H3,(H,19,21)/t13?,15-/m0/s1. The number of amides is 1. The summed E-state index contributed by atoms with van der Waals surface area (Å²) in [5.74, 6) is -0.136. The Morgan fingerprint density at radius 2 is 2.19 bits per heavy atom. The zero-order valence-corrected chi connectivity index (χ0v) is 12.1. The third-order valence-corrected chi connectivity index (χ3v) is 4.13. The van der Waals surface area contributed by atoms with Gasteiger partial charge in [0, 0.05) is 18.3 Å². The lowest BCUT2D eigenvalue weighted by molar-refractivity contribution is -0.123. The van der Waals surface area contributed by atoms with Gasteiger partial charge in [0.1, 0.15) is 6.04 Å². The smallest absolute Gasteiger partial charge is 0.241 e. The van der Waals surface area contributed by atoms with Crippen LogP contribution in [0, 0.1) is 0 Å². The Labute approximate surface area is 124 Å². The number of hydrogen-bond acceptors (Lipinski definition) is 3. The molecule has 1 heterocycles. The Bertz CT molecular complexity index is 635. The molecule has 0 radical (unpaired) electrons. The predicted octanol–water partition coefficient (Wildman–Crippen LogP) is 1.61. The molecule has 3 N–H and O–H groups in total. The van der Waals surface area contributed by atoms with Gasteiger partial charge in [-0.05, 0) is 24.8 Å². The summed E-state index contributed by atoms with van der Waals surface area (Å²) in [5.41, 5.74) is 9.21. The second-order valence-corrected chi connectivity index (χ2v) is 5.51. The lowest BCUT2D eigenvalue weighted by Crippen LogP contribution is -2.37. The second-order valence-electron chi connectivity index (χ2n) is 5.51. The Balaban J connectivity index is 1.74. The highest BCUT2D eigenvalue weighted by atomic mass is 16.2. The molecular formula is C16H20N4O. The third-order valence-electron chi connectivity index (χ3n) is 4.13. The van der Waals surface area contributed by atoms with Crippen LogP contribution in [0.15, 0.2) is 36.5 Å². The number of nitrogens with two attached hydrogens (primary N) is 1. The van der Waals surface area contributed by atoms with Gasteiger partial charge in [0.15, 0.2) is 0 Å². The number of benzene rings is 1. The maximum absolute atomic E-state index is 12.4. The van der Waals surface area contributed by atoms with Gasteiger partial charge in [0.2, 0.25) is 5.91 Å². The van der Waals surface area contributed by atoms with Gasteiger partial charge in [0.05, 0.1) is 12.2 Å². The third kappa shape index (κ3) is 2.69. The van der Waals surface area contributed by atoms with Crippen LogP contribution >= 0.6 is 0 Å². The maximum atomic E-state index is 12.4. The lowest BCUT2D eigenvalue weighted by atomic mass is 9.92. The number of aromatic nitrogens is 2. The maximum Gasteiger partial charge on any atom is 0.241 e. The Hall–Kier alpha value is -2.14. The van der Waals surface area contributed by atoms with E-state index in [4.69, 9.17) is 5.73 Å². The Kier molecular flexibility index (Phi) is 3.75. The van der Waals surface area contributed by atoms with Gasteiger partial charge < -0.3 is 11.1 Å². The van der Waals surface area contributed by atoms with Crippen LogP contribution in [-0.4, -0.2) is 15.7 Å². The highest BCUT2D eigenvalue weighted by Crippen LogP contribution is 2.29. The van der Waals surface area contributed by atoms with Crippen molar-refractivity contribution in [3.05, 3.63) is 53.3 Å². The molecule has 2 atom stereocenters. The van der Waals surface area contributed by atoms with Crippen LogP contribution in [0.5, 0.6) is 0 Å². The van der Waals surface area contributed by atoms with Crippen molar-refractivity contribution in [2.45, 2.75) is 31.3 Å². The van der Waals surface area contributed by atoms with E-state index in [9.17, 15) is 4.79 Å². The topological polar surface area (TPSA) is 72.9 Å². The molecule has 21 heavy (non-hydrogen) atoms. The van der Waals surface area contributed by atoms with Gasteiger partial charge in [-0.1, -0.05) is 30.3 Å². The fourth-order valence-corrected chi connectivity index (χ4v) is 2.93. The first-order chi connectivity index (χ1) is 10.2. The van der Waals surface area contributed by atoms with E-state index in [0.29, 0.717) is 0 Å². The van der Waals surface area contributed by atoms with E-state index in [2.05, 4.69) is 10.4 Å². The van der Waals surface area contributed by atoms with Gasteiger partial charge in [-0.2, -0.15) is 5.10 Å². The minimum Gasteiger partial charge on any atom is -0.348 e. The second kappa shape index (κ2) is 5.69. The fourth-order valence-electron chi connectivity index (χ4n) is 2.93. The van der Waals surface area contributed by atoms with Crippen molar-refractivity contribution in [3.63, 3.8) is 0 Å². The van der Waals surface area contributed by atoms with Crippen LogP contribution < -0.4 is 11.1 Å². The number of fused-ring (bicyclic) bond motifs is 1. The van der Waals surface area contributed by atoms with E-state index in [0.717, 1.165) is 30.4 Å². The highest BCUT2D eigenvalue weighted by Gasteiger charge is 2.26. The molecule has 5 nitrogen and oxygen atoms in total. The molecule has 5 heteroatoms. The molecule has 0 fully saturated rings. The average molecular weight is 284 g/mol. The largest absolute Gasteiger partial charge is 0.348 e. The van der Waals surface area contributed by atoms with E-state index in [1.807, 2.05) is 48.3 Å². The number of aryl methyl sites for hydroxylation is 1. The van der Waals surface area contributed by atoms with E-state index in [1.54, 1.807) is 0 Å². The van der Waals surface area contributed by atoms with Crippen LogP contribution in [0.2, 0.25) is 0 Å². The van der Waals surface area contributed by atoms with Gasteiger partial charge >= 0.3 is 0 Å². The minimum absolute atomic E-state index is 0.0183. The SMILES string of the molecule is Cn1ncc2c1CCCC2NC(=O)[C@@H](N)c1ccccc1. The molecule has 0 aliphatic heterocycles. The molecule has 1 unspecified atom stereocenters. The predicted molar refractivity (Wildman–Crippen MR) is 80.4 cm³/mol. The summed E-state index contributed by atoms with van der Waals surface area (Å²) < 4.78 is 1.89. The molecule has 1 aromatic heterocycles. The van der Waals surface area contributed by atoms with Crippen LogP contribution in [-0.2, 0) is 18.3 Å². The summed E-state index contributed by atoms with van der Waals surface area (Å²) in [6.07, 6.45) is 4.86. The number of carbonyl (C=O) groups is 1. The molecule has 1 amide bonds. The highest BCUT2D eigenvalue weighted by molar-refractivity contribution is 5.83. The normalized spacial score (nSPS) is 18.9. The molecule has 0 spiro atoms. The fraction of sp³-hybridized carbons (Fsp3) is 0.375. The summed E-state index contributed by atoms with van der Waals surface area (Å²) in [6, 6.07) is 8.83. The first-order valence-electron chi connectivity index (χ1n) is 7.28. The van der Waals surface area contributed by atoms with Crippen molar-refractivity contribution in [1.29, 1.82) is 0 Å². The number of carbonyl (C=O) groups excluding carboxylic acids is 1. The molecule has 0 saturated heterocycles. The molecule has 1 aliphatic rings. The summed E-state index contributed by atoms with van der Waals surface area (Å²) >= 11 is 0. The molecule has 1 aromatic carbocycles. The average Bonchev–Trinajstić information content (AvgIpc) is 2.90. The minimum atomic E-state index is -0.631. The van der Waals surface area contributed by atoms with E-state index < -0.39 is 6.04 Å². The number of rotatable bonds is 3. The zero-order valence-electron chi connectivity index (χ0n) is 12.1. The van der Waals surface area contributed by atoms with E-state index >= 15 is 0 Å². The van der Waals surface area contributed by atoms with Gasteiger partial charge in [0.25, 0.3) is 0 Å². The molecule has 0 saturated carbocycles. The van der Waals surface area contributed by atoms with Crippen molar-refractivity contribution in [2.24, 2.45) is 12.8 Å². The molecule has 110 valence electrons. The van der Waals surface area contributed by atoms with E-state index in [1.165, 1.54) is 5.69 Å². The monoisotopic (exact) mass is 284 g/mol. The molecule has 1 aliphatic carbocycles. The van der Waals surface area contributed by atoms with E-state index in [-0.39, 0.29) is 11.9 Å². The first kappa shape index (κ1) is 13.8. The molecule has 0 bridgehead atoms.